The Morgan fingerprint density at radius 1 is 0.923 bits per heavy atom. The lowest BCUT2D eigenvalue weighted by Crippen LogP contribution is -2.14. The molecule has 0 heteroatoms. The van der Waals surface area contributed by atoms with Crippen molar-refractivity contribution in [3.63, 3.8) is 0 Å². The summed E-state index contributed by atoms with van der Waals surface area (Å²) in [4.78, 5) is 0. The van der Waals surface area contributed by atoms with Gasteiger partial charge in [0, 0.05) is 11.8 Å². The summed E-state index contributed by atoms with van der Waals surface area (Å²) in [7, 11) is 0. The molecule has 2 bridgehead atoms. The minimum Gasteiger partial charge on any atom is -0.0798 e. The van der Waals surface area contributed by atoms with Crippen molar-refractivity contribution in [2.24, 2.45) is 5.41 Å². The second kappa shape index (κ2) is 2.06. The van der Waals surface area contributed by atoms with E-state index in [1.807, 2.05) is 0 Å². The van der Waals surface area contributed by atoms with Crippen molar-refractivity contribution >= 4 is 0 Å². The number of fused-ring (bicyclic) bond motifs is 5. The summed E-state index contributed by atoms with van der Waals surface area (Å²) >= 11 is 0. The summed E-state index contributed by atoms with van der Waals surface area (Å²) in [5.41, 5.74) is 3.53. The molecule has 0 spiro atoms. The summed E-state index contributed by atoms with van der Waals surface area (Å²) < 4.78 is 0. The van der Waals surface area contributed by atoms with E-state index in [9.17, 15) is 0 Å². The first-order chi connectivity index (χ1) is 6.21. The third kappa shape index (κ3) is 0.720. The fraction of sp³-hybridized carbons (Fsp3) is 0.385. The van der Waals surface area contributed by atoms with Gasteiger partial charge in [0.2, 0.25) is 0 Å². The number of benzene rings is 1. The summed E-state index contributed by atoms with van der Waals surface area (Å²) in [5.74, 6) is 1.32. The first-order valence-corrected chi connectivity index (χ1v) is 4.98. The zero-order valence-corrected chi connectivity index (χ0v) is 8.12. The highest BCUT2D eigenvalue weighted by molar-refractivity contribution is 5.51. The van der Waals surface area contributed by atoms with Gasteiger partial charge in [0.1, 0.15) is 0 Å². The summed E-state index contributed by atoms with van der Waals surface area (Å²) in [6, 6.07) is 8.88. The van der Waals surface area contributed by atoms with Crippen LogP contribution in [-0.2, 0) is 0 Å². The molecule has 0 fully saturated rings. The average Bonchev–Trinajstić information content (AvgIpc) is 2.54. The van der Waals surface area contributed by atoms with E-state index >= 15 is 0 Å². The highest BCUT2D eigenvalue weighted by Gasteiger charge is 2.47. The van der Waals surface area contributed by atoms with Crippen molar-refractivity contribution in [3.05, 3.63) is 47.5 Å². The molecule has 2 aliphatic carbocycles. The summed E-state index contributed by atoms with van der Waals surface area (Å²) in [6.45, 7) is 4.75. The molecule has 0 heterocycles. The van der Waals surface area contributed by atoms with Crippen molar-refractivity contribution in [2.45, 2.75) is 25.7 Å². The number of hydrogen-bond acceptors (Lipinski definition) is 0. The van der Waals surface area contributed by atoms with Crippen LogP contribution in [0.3, 0.4) is 0 Å². The molecule has 2 atom stereocenters. The molecule has 3 rings (SSSR count). The zero-order valence-electron chi connectivity index (χ0n) is 8.12. The average molecular weight is 170 g/mol. The minimum absolute atomic E-state index is 0.420. The van der Waals surface area contributed by atoms with E-state index in [2.05, 4.69) is 50.3 Å². The van der Waals surface area contributed by atoms with Crippen LogP contribution in [-0.4, -0.2) is 0 Å². The molecule has 0 N–H and O–H groups in total. The van der Waals surface area contributed by atoms with Gasteiger partial charge < -0.3 is 0 Å². The van der Waals surface area contributed by atoms with Gasteiger partial charge in [0.25, 0.3) is 0 Å². The molecule has 0 saturated heterocycles. The maximum Gasteiger partial charge on any atom is 0.00812 e. The van der Waals surface area contributed by atoms with Crippen LogP contribution in [0.1, 0.15) is 36.8 Å². The lowest BCUT2D eigenvalue weighted by Gasteiger charge is -2.24. The second-order valence-corrected chi connectivity index (χ2v) is 4.79. The van der Waals surface area contributed by atoms with E-state index < -0.39 is 0 Å². The summed E-state index contributed by atoms with van der Waals surface area (Å²) in [6.07, 6.45) is 4.76. The van der Waals surface area contributed by atoms with E-state index in [4.69, 9.17) is 0 Å². The maximum atomic E-state index is 2.38. The van der Waals surface area contributed by atoms with E-state index in [1.54, 1.807) is 11.1 Å². The Morgan fingerprint density at radius 3 is 1.85 bits per heavy atom. The van der Waals surface area contributed by atoms with E-state index in [-0.39, 0.29) is 0 Å². The molecule has 66 valence electrons. The van der Waals surface area contributed by atoms with Crippen molar-refractivity contribution in [1.82, 2.24) is 0 Å². The smallest absolute Gasteiger partial charge is 0.00812 e. The Balaban J connectivity index is 2.26. The van der Waals surface area contributed by atoms with E-state index in [1.165, 1.54) is 0 Å². The van der Waals surface area contributed by atoms with Gasteiger partial charge in [-0.15, -0.1) is 0 Å². The topological polar surface area (TPSA) is 0 Å². The Morgan fingerprint density at radius 2 is 1.38 bits per heavy atom. The van der Waals surface area contributed by atoms with Crippen molar-refractivity contribution in [1.29, 1.82) is 0 Å². The van der Waals surface area contributed by atoms with Crippen molar-refractivity contribution < 1.29 is 0 Å². The lowest BCUT2D eigenvalue weighted by atomic mass is 9.79. The fourth-order valence-corrected chi connectivity index (χ4v) is 3.00. The van der Waals surface area contributed by atoms with Gasteiger partial charge in [-0.3, -0.25) is 0 Å². The van der Waals surface area contributed by atoms with Gasteiger partial charge in [0.15, 0.2) is 0 Å². The molecule has 0 radical (unpaired) electrons. The number of rotatable bonds is 0. The van der Waals surface area contributed by atoms with Gasteiger partial charge >= 0.3 is 0 Å². The van der Waals surface area contributed by atoms with Gasteiger partial charge in [0.05, 0.1) is 0 Å². The van der Waals surface area contributed by atoms with Crippen LogP contribution in [0, 0.1) is 5.41 Å². The van der Waals surface area contributed by atoms with Gasteiger partial charge in [-0.1, -0.05) is 50.3 Å². The molecule has 13 heavy (non-hydrogen) atoms. The van der Waals surface area contributed by atoms with Crippen LogP contribution in [0.15, 0.2) is 36.4 Å². The highest BCUT2D eigenvalue weighted by atomic mass is 14.5. The number of allylic oxidation sites excluding steroid dienone is 2. The third-order valence-corrected chi connectivity index (χ3v) is 3.77. The molecule has 2 aliphatic rings. The molecular weight excluding hydrogens is 156 g/mol. The predicted octanol–water partition coefficient (Wildman–Crippen LogP) is 3.46. The van der Waals surface area contributed by atoms with Gasteiger partial charge in [-0.2, -0.15) is 0 Å². The van der Waals surface area contributed by atoms with Gasteiger partial charge in [-0.25, -0.2) is 0 Å². The Kier molecular flexibility index (Phi) is 1.17. The van der Waals surface area contributed by atoms with E-state index in [0.29, 0.717) is 17.3 Å². The van der Waals surface area contributed by atoms with Crippen molar-refractivity contribution in [3.8, 4) is 0 Å². The molecule has 1 aromatic rings. The highest BCUT2D eigenvalue weighted by Crippen LogP contribution is 2.60. The van der Waals surface area contributed by atoms with Crippen LogP contribution in [0.2, 0.25) is 0 Å². The maximum absolute atomic E-state index is 2.38. The van der Waals surface area contributed by atoms with Crippen LogP contribution >= 0.6 is 0 Å². The normalized spacial score (nSPS) is 32.2. The molecule has 0 aliphatic heterocycles. The SMILES string of the molecule is CC1(C)[C@@H]2C=C[C@H]1c1ccccc12. The van der Waals surface area contributed by atoms with Gasteiger partial charge in [-0.05, 0) is 16.5 Å². The van der Waals surface area contributed by atoms with E-state index in [0.717, 1.165) is 0 Å². The lowest BCUT2D eigenvalue weighted by molar-refractivity contribution is 0.343. The molecule has 0 amide bonds. The van der Waals surface area contributed by atoms with Crippen LogP contribution < -0.4 is 0 Å². The molecule has 0 saturated carbocycles. The standard InChI is InChI=1S/C13H14/c1-13(2)11-7-8-12(13)10-6-4-3-5-9(10)11/h3-8,11-12H,1-2H3/t11-,12+. The quantitative estimate of drug-likeness (QED) is 0.523. The Labute approximate surface area is 79.3 Å². The fourth-order valence-electron chi connectivity index (χ4n) is 3.00. The van der Waals surface area contributed by atoms with Crippen LogP contribution in [0.25, 0.3) is 0 Å². The monoisotopic (exact) mass is 170 g/mol. The molecular formula is C13H14. The van der Waals surface area contributed by atoms with Crippen LogP contribution in [0.5, 0.6) is 0 Å². The van der Waals surface area contributed by atoms with Crippen LogP contribution in [0.4, 0.5) is 0 Å². The third-order valence-electron chi connectivity index (χ3n) is 3.77. The largest absolute Gasteiger partial charge is 0.0798 e. The van der Waals surface area contributed by atoms with Crippen molar-refractivity contribution in [2.75, 3.05) is 0 Å². The Hall–Kier alpha value is -1.04. The minimum atomic E-state index is 0.420. The molecule has 0 unspecified atom stereocenters. The number of hydrogen-bond donors (Lipinski definition) is 0. The molecule has 0 aromatic heterocycles. The zero-order chi connectivity index (χ0) is 9.05. The first-order valence-electron chi connectivity index (χ1n) is 4.98. The predicted molar refractivity (Wildman–Crippen MR) is 54.8 cm³/mol. The molecule has 0 nitrogen and oxygen atoms in total. The second-order valence-electron chi connectivity index (χ2n) is 4.79. The molecule has 1 aromatic carbocycles. The first kappa shape index (κ1) is 7.37. The summed E-state index contributed by atoms with van der Waals surface area (Å²) in [5, 5.41) is 0. The Bertz CT molecular complexity index is 350.